The van der Waals surface area contributed by atoms with Crippen LogP contribution < -0.4 is 16.2 Å². The van der Waals surface area contributed by atoms with E-state index in [0.29, 0.717) is 12.1 Å². The van der Waals surface area contributed by atoms with Crippen LogP contribution in [0.2, 0.25) is 0 Å². The highest BCUT2D eigenvalue weighted by molar-refractivity contribution is 4.93. The maximum absolute atomic E-state index is 3.39. The molecule has 46 valence electrons. The van der Waals surface area contributed by atoms with E-state index in [1.165, 1.54) is 13.0 Å². The van der Waals surface area contributed by atoms with Crippen LogP contribution >= 0.6 is 0 Å². The van der Waals surface area contributed by atoms with Gasteiger partial charge in [-0.15, -0.1) is 0 Å². The van der Waals surface area contributed by atoms with Crippen LogP contribution in [0.25, 0.3) is 0 Å². The second-order valence-corrected chi connectivity index (χ2v) is 2.48. The molecule has 2 unspecified atom stereocenters. The summed E-state index contributed by atoms with van der Waals surface area (Å²) < 4.78 is 0. The maximum Gasteiger partial charge on any atom is 0.0391 e. The molecular formula is C5H11N3. The summed E-state index contributed by atoms with van der Waals surface area (Å²) in [7, 11) is 0. The molecule has 0 bridgehead atoms. The zero-order valence-electron chi connectivity index (χ0n) is 4.78. The van der Waals surface area contributed by atoms with Gasteiger partial charge >= 0.3 is 0 Å². The normalized spacial score (nSPS) is 45.0. The Hall–Kier alpha value is -0.120. The van der Waals surface area contributed by atoms with Gasteiger partial charge in [-0.25, -0.2) is 0 Å². The summed E-state index contributed by atoms with van der Waals surface area (Å²) in [5.74, 6) is 0. The Morgan fingerprint density at radius 3 is 3.12 bits per heavy atom. The Balaban J connectivity index is 2.04. The molecule has 0 aromatic carbocycles. The van der Waals surface area contributed by atoms with Crippen molar-refractivity contribution in [2.45, 2.75) is 18.5 Å². The molecule has 2 rings (SSSR count). The average Bonchev–Trinajstić information content (AvgIpc) is 2.15. The summed E-state index contributed by atoms with van der Waals surface area (Å²) in [6, 6.07) is 1.41. The Morgan fingerprint density at radius 2 is 2.25 bits per heavy atom. The summed E-state index contributed by atoms with van der Waals surface area (Å²) in [6.45, 7) is 2.27. The Kier molecular flexibility index (Phi) is 0.997. The van der Waals surface area contributed by atoms with Crippen LogP contribution in [-0.4, -0.2) is 25.2 Å². The molecule has 2 saturated heterocycles. The van der Waals surface area contributed by atoms with Gasteiger partial charge in [-0.05, 0) is 13.0 Å². The number of hydrogen-bond acceptors (Lipinski definition) is 3. The van der Waals surface area contributed by atoms with Crippen molar-refractivity contribution in [2.75, 3.05) is 13.1 Å². The molecule has 0 radical (unpaired) electrons. The third kappa shape index (κ3) is 0.555. The lowest BCUT2D eigenvalue weighted by atomic mass is 10.2. The van der Waals surface area contributed by atoms with Gasteiger partial charge in [0.15, 0.2) is 0 Å². The minimum absolute atomic E-state index is 0.704. The van der Waals surface area contributed by atoms with E-state index in [9.17, 15) is 0 Å². The quantitative estimate of drug-likeness (QED) is 0.370. The first-order valence-corrected chi connectivity index (χ1v) is 3.18. The molecule has 2 heterocycles. The first kappa shape index (κ1) is 4.73. The van der Waals surface area contributed by atoms with Crippen molar-refractivity contribution in [1.29, 1.82) is 0 Å². The van der Waals surface area contributed by atoms with Crippen molar-refractivity contribution in [1.82, 2.24) is 16.2 Å². The summed E-state index contributed by atoms with van der Waals surface area (Å²) in [5, 5.41) is 3.39. The van der Waals surface area contributed by atoms with Crippen molar-refractivity contribution in [3.05, 3.63) is 0 Å². The molecule has 8 heavy (non-hydrogen) atoms. The Bertz CT molecular complexity index is 73.7. The summed E-state index contributed by atoms with van der Waals surface area (Å²) in [6.07, 6.45) is 1.28. The predicted octanol–water partition coefficient (Wildman–Crippen LogP) is -1.18. The van der Waals surface area contributed by atoms with Crippen LogP contribution in [0.1, 0.15) is 6.42 Å². The van der Waals surface area contributed by atoms with Crippen molar-refractivity contribution in [3.8, 4) is 0 Å². The van der Waals surface area contributed by atoms with Gasteiger partial charge in [-0.1, -0.05) is 0 Å². The van der Waals surface area contributed by atoms with Gasteiger partial charge in [-0.2, -0.15) is 0 Å². The van der Waals surface area contributed by atoms with E-state index in [1.807, 2.05) is 0 Å². The fraction of sp³-hybridized carbons (Fsp3) is 1.00. The van der Waals surface area contributed by atoms with E-state index in [0.717, 1.165) is 6.54 Å². The molecule has 0 aliphatic carbocycles. The molecule has 0 saturated carbocycles. The van der Waals surface area contributed by atoms with E-state index in [1.54, 1.807) is 0 Å². The second kappa shape index (κ2) is 1.69. The highest BCUT2D eigenvalue weighted by Gasteiger charge is 2.30. The van der Waals surface area contributed by atoms with Gasteiger partial charge < -0.3 is 5.32 Å². The molecule has 2 fully saturated rings. The maximum atomic E-state index is 3.39. The molecule has 2 aliphatic heterocycles. The first-order valence-electron chi connectivity index (χ1n) is 3.18. The Labute approximate surface area is 48.8 Å². The van der Waals surface area contributed by atoms with Gasteiger partial charge in [-0.3, -0.25) is 10.9 Å². The zero-order valence-corrected chi connectivity index (χ0v) is 4.78. The van der Waals surface area contributed by atoms with Crippen LogP contribution in [0.4, 0.5) is 0 Å². The molecule has 2 aliphatic rings. The van der Waals surface area contributed by atoms with E-state index < -0.39 is 0 Å². The lowest BCUT2D eigenvalue weighted by molar-refractivity contribution is 0.556. The van der Waals surface area contributed by atoms with Crippen LogP contribution in [0, 0.1) is 0 Å². The van der Waals surface area contributed by atoms with Crippen LogP contribution in [0.5, 0.6) is 0 Å². The van der Waals surface area contributed by atoms with Crippen molar-refractivity contribution < 1.29 is 0 Å². The molecular weight excluding hydrogens is 102 g/mol. The minimum Gasteiger partial charge on any atom is -0.311 e. The van der Waals surface area contributed by atoms with Crippen molar-refractivity contribution >= 4 is 0 Å². The van der Waals surface area contributed by atoms with Gasteiger partial charge in [0.05, 0.1) is 0 Å². The van der Waals surface area contributed by atoms with E-state index in [-0.39, 0.29) is 0 Å². The van der Waals surface area contributed by atoms with Crippen molar-refractivity contribution in [3.63, 3.8) is 0 Å². The zero-order chi connectivity index (χ0) is 5.40. The van der Waals surface area contributed by atoms with Crippen LogP contribution in [0.15, 0.2) is 0 Å². The minimum atomic E-state index is 0.704. The SMILES string of the molecule is C1CC2NNCC2N1. The monoisotopic (exact) mass is 113 g/mol. The molecule has 0 aromatic heterocycles. The van der Waals surface area contributed by atoms with E-state index in [2.05, 4.69) is 16.2 Å². The van der Waals surface area contributed by atoms with Gasteiger partial charge in [0, 0.05) is 18.6 Å². The molecule has 3 nitrogen and oxygen atoms in total. The topological polar surface area (TPSA) is 36.1 Å². The predicted molar refractivity (Wildman–Crippen MR) is 31.3 cm³/mol. The van der Waals surface area contributed by atoms with Gasteiger partial charge in [0.1, 0.15) is 0 Å². The number of rotatable bonds is 0. The highest BCUT2D eigenvalue weighted by Crippen LogP contribution is 2.08. The third-order valence-electron chi connectivity index (χ3n) is 1.96. The molecule has 0 aromatic rings. The summed E-state index contributed by atoms with van der Waals surface area (Å²) in [5.41, 5.74) is 6.32. The molecule has 0 spiro atoms. The number of fused-ring (bicyclic) bond motifs is 1. The number of hydrogen-bond donors (Lipinski definition) is 3. The van der Waals surface area contributed by atoms with Crippen LogP contribution in [-0.2, 0) is 0 Å². The standard InChI is InChI=1S/C5H11N3/c1-2-6-5-3-7-8-4(1)5/h4-8H,1-3H2. The van der Waals surface area contributed by atoms with Crippen LogP contribution in [0.3, 0.4) is 0 Å². The second-order valence-electron chi connectivity index (χ2n) is 2.48. The number of hydrazine groups is 1. The first-order chi connectivity index (χ1) is 3.97. The fourth-order valence-electron chi connectivity index (χ4n) is 1.45. The number of nitrogens with one attached hydrogen (secondary N) is 3. The molecule has 3 heteroatoms. The summed E-state index contributed by atoms with van der Waals surface area (Å²) >= 11 is 0. The largest absolute Gasteiger partial charge is 0.311 e. The Morgan fingerprint density at radius 1 is 1.25 bits per heavy atom. The molecule has 3 N–H and O–H groups in total. The smallest absolute Gasteiger partial charge is 0.0391 e. The molecule has 0 amide bonds. The lowest BCUT2D eigenvalue weighted by Gasteiger charge is -2.03. The lowest BCUT2D eigenvalue weighted by Crippen LogP contribution is -2.31. The van der Waals surface area contributed by atoms with Crippen molar-refractivity contribution in [2.24, 2.45) is 0 Å². The molecule has 2 atom stereocenters. The fourth-order valence-corrected chi connectivity index (χ4v) is 1.45. The average molecular weight is 113 g/mol. The van der Waals surface area contributed by atoms with E-state index >= 15 is 0 Å². The third-order valence-corrected chi connectivity index (χ3v) is 1.96. The van der Waals surface area contributed by atoms with E-state index in [4.69, 9.17) is 0 Å². The summed E-state index contributed by atoms with van der Waals surface area (Å²) in [4.78, 5) is 0. The van der Waals surface area contributed by atoms with Gasteiger partial charge in [0.25, 0.3) is 0 Å². The highest BCUT2D eigenvalue weighted by atomic mass is 15.4. The van der Waals surface area contributed by atoms with Gasteiger partial charge in [0.2, 0.25) is 0 Å².